The van der Waals surface area contributed by atoms with Crippen LogP contribution in [0, 0.1) is 13.8 Å². The van der Waals surface area contributed by atoms with Crippen molar-refractivity contribution < 1.29 is 9.18 Å². The summed E-state index contributed by atoms with van der Waals surface area (Å²) in [7, 11) is 1.86. The van der Waals surface area contributed by atoms with Gasteiger partial charge in [0.25, 0.3) is 5.91 Å². The average Bonchev–Trinajstić information content (AvgIpc) is 2.71. The maximum Gasteiger partial charge on any atom is 0.253 e. The third-order valence-electron chi connectivity index (χ3n) is 5.81. The summed E-state index contributed by atoms with van der Waals surface area (Å²) in [6.45, 7) is 4.79. The van der Waals surface area contributed by atoms with Gasteiger partial charge < -0.3 is 10.2 Å². The van der Waals surface area contributed by atoms with Crippen molar-refractivity contribution in [2.24, 2.45) is 0 Å². The van der Waals surface area contributed by atoms with Crippen LogP contribution in [0.4, 0.5) is 10.2 Å². The van der Waals surface area contributed by atoms with Gasteiger partial charge in [0.1, 0.15) is 11.5 Å². The standard InChI is InChI=1S/C23H29ClFN3O/c1-16-6-8-18(15-20(16)24)22(29)28-13-11-23(25,12-14-28)10-4-5-19-9-7-17(2)21(26-3)27-19/h6-9,15H,4-5,10-14H2,1-3H3,(H,26,27). The summed E-state index contributed by atoms with van der Waals surface area (Å²) in [5, 5.41) is 3.67. The van der Waals surface area contributed by atoms with Gasteiger partial charge in [-0.2, -0.15) is 0 Å². The van der Waals surface area contributed by atoms with Crippen LogP contribution in [0.25, 0.3) is 0 Å². The Morgan fingerprint density at radius 1 is 1.21 bits per heavy atom. The molecule has 0 saturated carbocycles. The van der Waals surface area contributed by atoms with Crippen LogP contribution in [-0.2, 0) is 6.42 Å². The minimum Gasteiger partial charge on any atom is -0.373 e. The lowest BCUT2D eigenvalue weighted by Crippen LogP contribution is -2.44. The topological polar surface area (TPSA) is 45.2 Å². The predicted octanol–water partition coefficient (Wildman–Crippen LogP) is 5.36. The van der Waals surface area contributed by atoms with Crippen LogP contribution < -0.4 is 5.32 Å². The Morgan fingerprint density at radius 2 is 1.90 bits per heavy atom. The molecular formula is C23H29ClFN3O. The van der Waals surface area contributed by atoms with Gasteiger partial charge in [-0.3, -0.25) is 4.79 Å². The monoisotopic (exact) mass is 417 g/mol. The fraction of sp³-hybridized carbons (Fsp3) is 0.478. The average molecular weight is 418 g/mol. The van der Waals surface area contributed by atoms with Crippen LogP contribution >= 0.6 is 11.6 Å². The Kier molecular flexibility index (Phi) is 6.78. The molecule has 0 bridgehead atoms. The van der Waals surface area contributed by atoms with Gasteiger partial charge in [-0.05, 0) is 75.3 Å². The van der Waals surface area contributed by atoms with E-state index in [-0.39, 0.29) is 5.91 Å². The molecule has 1 aromatic carbocycles. The number of pyridine rings is 1. The van der Waals surface area contributed by atoms with Gasteiger partial charge in [-0.25, -0.2) is 9.37 Å². The number of hydrogen-bond acceptors (Lipinski definition) is 3. The van der Waals surface area contributed by atoms with E-state index in [4.69, 9.17) is 11.6 Å². The first-order valence-electron chi connectivity index (χ1n) is 10.2. The molecule has 0 unspecified atom stereocenters. The second-order valence-corrected chi connectivity index (χ2v) is 8.39. The van der Waals surface area contributed by atoms with Gasteiger partial charge in [-0.1, -0.05) is 23.7 Å². The normalized spacial score (nSPS) is 16.0. The number of aromatic nitrogens is 1. The molecular weight excluding hydrogens is 389 g/mol. The second-order valence-electron chi connectivity index (χ2n) is 7.98. The highest BCUT2D eigenvalue weighted by Gasteiger charge is 2.35. The summed E-state index contributed by atoms with van der Waals surface area (Å²) in [5.74, 6) is 0.804. The molecule has 156 valence electrons. The van der Waals surface area contributed by atoms with Crippen LogP contribution in [0.5, 0.6) is 0 Å². The fourth-order valence-electron chi connectivity index (χ4n) is 3.82. The molecule has 3 rings (SSSR count). The van der Waals surface area contributed by atoms with Crippen molar-refractivity contribution in [3.05, 3.63) is 57.7 Å². The summed E-state index contributed by atoms with van der Waals surface area (Å²) in [6, 6.07) is 9.38. The van der Waals surface area contributed by atoms with E-state index in [1.807, 2.05) is 39.1 Å². The SMILES string of the molecule is CNc1nc(CCCC2(F)CCN(C(=O)c3ccc(C)c(Cl)c3)CC2)ccc1C. The molecule has 4 nitrogen and oxygen atoms in total. The number of likely N-dealkylation sites (tertiary alicyclic amines) is 1. The molecule has 0 atom stereocenters. The van der Waals surface area contributed by atoms with Crippen molar-refractivity contribution in [3.8, 4) is 0 Å². The van der Waals surface area contributed by atoms with Crippen LogP contribution in [0.1, 0.15) is 52.9 Å². The van der Waals surface area contributed by atoms with Crippen molar-refractivity contribution in [1.82, 2.24) is 9.88 Å². The number of rotatable bonds is 6. The van der Waals surface area contributed by atoms with Gasteiger partial charge in [0.15, 0.2) is 0 Å². The van der Waals surface area contributed by atoms with Gasteiger partial charge >= 0.3 is 0 Å². The van der Waals surface area contributed by atoms with Crippen molar-refractivity contribution in [1.29, 1.82) is 0 Å². The van der Waals surface area contributed by atoms with Crippen LogP contribution in [-0.4, -0.2) is 41.6 Å². The zero-order chi connectivity index (χ0) is 21.0. The number of amides is 1. The number of anilines is 1. The number of carbonyl (C=O) groups is 1. The highest BCUT2D eigenvalue weighted by molar-refractivity contribution is 6.31. The third-order valence-corrected chi connectivity index (χ3v) is 6.22. The van der Waals surface area contributed by atoms with E-state index in [9.17, 15) is 4.79 Å². The Labute approximate surface area is 177 Å². The molecule has 0 radical (unpaired) electrons. The zero-order valence-corrected chi connectivity index (χ0v) is 18.2. The molecule has 1 aliphatic rings. The number of carbonyl (C=O) groups excluding carboxylic acids is 1. The first-order valence-corrected chi connectivity index (χ1v) is 10.6. The van der Waals surface area contributed by atoms with Crippen molar-refractivity contribution in [2.45, 2.75) is 51.6 Å². The lowest BCUT2D eigenvalue weighted by molar-refractivity contribution is 0.0389. The number of nitrogens with one attached hydrogen (secondary N) is 1. The highest BCUT2D eigenvalue weighted by atomic mass is 35.5. The molecule has 2 aromatic rings. The van der Waals surface area contributed by atoms with E-state index < -0.39 is 5.67 Å². The minimum absolute atomic E-state index is 0.0719. The first kappa shape index (κ1) is 21.6. The van der Waals surface area contributed by atoms with E-state index in [0.717, 1.165) is 35.5 Å². The Morgan fingerprint density at radius 3 is 2.55 bits per heavy atom. The number of halogens is 2. The quantitative estimate of drug-likeness (QED) is 0.688. The van der Waals surface area contributed by atoms with E-state index in [1.165, 1.54) is 0 Å². The molecule has 2 heterocycles. The van der Waals surface area contributed by atoms with Crippen molar-refractivity contribution >= 4 is 23.3 Å². The maximum absolute atomic E-state index is 15.2. The molecule has 1 amide bonds. The van der Waals surface area contributed by atoms with Crippen LogP contribution in [0.15, 0.2) is 30.3 Å². The van der Waals surface area contributed by atoms with E-state index in [1.54, 1.807) is 17.0 Å². The Bertz CT molecular complexity index is 878. The molecule has 29 heavy (non-hydrogen) atoms. The van der Waals surface area contributed by atoms with Crippen LogP contribution in [0.2, 0.25) is 5.02 Å². The predicted molar refractivity (Wildman–Crippen MR) is 117 cm³/mol. The maximum atomic E-state index is 15.2. The first-order chi connectivity index (χ1) is 13.8. The molecule has 0 aliphatic carbocycles. The largest absolute Gasteiger partial charge is 0.373 e. The molecule has 1 fully saturated rings. The van der Waals surface area contributed by atoms with Crippen LogP contribution in [0.3, 0.4) is 0 Å². The molecule has 1 N–H and O–H groups in total. The number of piperidine rings is 1. The number of nitrogens with zero attached hydrogens (tertiary/aromatic N) is 2. The Hall–Kier alpha value is -2.14. The van der Waals surface area contributed by atoms with Crippen molar-refractivity contribution in [3.63, 3.8) is 0 Å². The number of hydrogen-bond donors (Lipinski definition) is 1. The molecule has 1 saturated heterocycles. The second kappa shape index (κ2) is 9.12. The number of alkyl halides is 1. The van der Waals surface area contributed by atoms with Gasteiger partial charge in [-0.15, -0.1) is 0 Å². The van der Waals surface area contributed by atoms with Gasteiger partial charge in [0.2, 0.25) is 0 Å². The van der Waals surface area contributed by atoms with E-state index >= 15 is 4.39 Å². The summed E-state index contributed by atoms with van der Waals surface area (Å²) >= 11 is 6.14. The Balaban J connectivity index is 1.51. The summed E-state index contributed by atoms with van der Waals surface area (Å²) < 4.78 is 15.2. The molecule has 1 aromatic heterocycles. The molecule has 1 aliphatic heterocycles. The summed E-state index contributed by atoms with van der Waals surface area (Å²) in [4.78, 5) is 19.0. The summed E-state index contributed by atoms with van der Waals surface area (Å²) in [5.41, 5.74) is 2.38. The number of aryl methyl sites for hydroxylation is 3. The molecule has 6 heteroatoms. The van der Waals surface area contributed by atoms with Gasteiger partial charge in [0, 0.05) is 36.4 Å². The minimum atomic E-state index is -1.21. The summed E-state index contributed by atoms with van der Waals surface area (Å²) in [6.07, 6.45) is 2.75. The van der Waals surface area contributed by atoms with E-state index in [2.05, 4.69) is 10.3 Å². The van der Waals surface area contributed by atoms with Crippen molar-refractivity contribution in [2.75, 3.05) is 25.5 Å². The van der Waals surface area contributed by atoms with Gasteiger partial charge in [0.05, 0.1) is 0 Å². The number of benzene rings is 1. The highest BCUT2D eigenvalue weighted by Crippen LogP contribution is 2.32. The fourth-order valence-corrected chi connectivity index (χ4v) is 4.00. The lowest BCUT2D eigenvalue weighted by atomic mass is 9.87. The zero-order valence-electron chi connectivity index (χ0n) is 17.4. The lowest BCUT2D eigenvalue weighted by Gasteiger charge is -2.36. The third kappa shape index (κ3) is 5.27. The molecule has 0 spiro atoms. The van der Waals surface area contributed by atoms with E-state index in [0.29, 0.717) is 42.9 Å². The smallest absolute Gasteiger partial charge is 0.253 e.